The van der Waals surface area contributed by atoms with Gasteiger partial charge in [-0.05, 0) is 67.1 Å². The molecule has 0 spiro atoms. The van der Waals surface area contributed by atoms with Gasteiger partial charge < -0.3 is 14.8 Å². The molecule has 1 fully saturated rings. The maximum atomic E-state index is 13.2. The lowest BCUT2D eigenvalue weighted by molar-refractivity contribution is -0.121. The molecule has 162 valence electrons. The van der Waals surface area contributed by atoms with Gasteiger partial charge in [0.05, 0.1) is 0 Å². The second-order valence-electron chi connectivity index (χ2n) is 8.73. The highest BCUT2D eigenvalue weighted by Gasteiger charge is 2.31. The van der Waals surface area contributed by atoms with Crippen LogP contribution in [0.2, 0.25) is 0 Å². The summed E-state index contributed by atoms with van der Waals surface area (Å²) in [5.74, 6) is 0.134. The maximum Gasteiger partial charge on any atom is 0.254 e. The van der Waals surface area contributed by atoms with Crippen LogP contribution in [0, 0.1) is 6.92 Å². The number of aromatic nitrogens is 1. The number of carbonyl (C=O) groups excluding carboxylic acids is 2. The summed E-state index contributed by atoms with van der Waals surface area (Å²) >= 11 is 0. The smallest absolute Gasteiger partial charge is 0.254 e. The SMILES string of the molecule is CCC(=O)N[C@H]1CC[C@@H](N(C)C(=O)c2ccc(-c3ccc4c(ccn4C)c3)cc2C)C1. The van der Waals surface area contributed by atoms with E-state index in [2.05, 4.69) is 46.4 Å². The Balaban J connectivity index is 1.49. The van der Waals surface area contributed by atoms with Gasteiger partial charge in [-0.3, -0.25) is 9.59 Å². The molecule has 5 nitrogen and oxygen atoms in total. The number of hydrogen-bond donors (Lipinski definition) is 1. The molecule has 2 aromatic carbocycles. The van der Waals surface area contributed by atoms with Crippen molar-refractivity contribution < 1.29 is 9.59 Å². The van der Waals surface area contributed by atoms with Crippen molar-refractivity contribution in [3.8, 4) is 11.1 Å². The summed E-state index contributed by atoms with van der Waals surface area (Å²) in [4.78, 5) is 26.7. The zero-order chi connectivity index (χ0) is 22.1. The third-order valence-electron chi connectivity index (χ3n) is 6.63. The fourth-order valence-corrected chi connectivity index (χ4v) is 4.67. The third-order valence-corrected chi connectivity index (χ3v) is 6.63. The largest absolute Gasteiger partial charge is 0.353 e. The lowest BCUT2D eigenvalue weighted by Crippen LogP contribution is -2.38. The second kappa shape index (κ2) is 8.58. The van der Waals surface area contributed by atoms with Crippen LogP contribution in [-0.2, 0) is 11.8 Å². The minimum Gasteiger partial charge on any atom is -0.353 e. The molecule has 3 aromatic rings. The van der Waals surface area contributed by atoms with Gasteiger partial charge in [0.1, 0.15) is 0 Å². The van der Waals surface area contributed by atoms with Crippen molar-refractivity contribution in [1.82, 2.24) is 14.8 Å². The van der Waals surface area contributed by atoms with E-state index in [9.17, 15) is 9.59 Å². The van der Waals surface area contributed by atoms with E-state index >= 15 is 0 Å². The van der Waals surface area contributed by atoms with Crippen LogP contribution in [0.15, 0.2) is 48.7 Å². The summed E-state index contributed by atoms with van der Waals surface area (Å²) in [7, 11) is 3.93. The van der Waals surface area contributed by atoms with E-state index in [0.717, 1.165) is 41.5 Å². The number of rotatable bonds is 5. The molecule has 2 atom stereocenters. The molecule has 0 bridgehead atoms. The summed E-state index contributed by atoms with van der Waals surface area (Å²) < 4.78 is 2.11. The fraction of sp³-hybridized carbons (Fsp3) is 0.385. The molecule has 4 rings (SSSR count). The first-order valence-corrected chi connectivity index (χ1v) is 11.1. The number of amides is 2. The van der Waals surface area contributed by atoms with Gasteiger partial charge in [-0.25, -0.2) is 0 Å². The van der Waals surface area contributed by atoms with Crippen LogP contribution in [0.1, 0.15) is 48.5 Å². The number of aryl methyl sites for hydroxylation is 2. The van der Waals surface area contributed by atoms with Crippen molar-refractivity contribution in [3.63, 3.8) is 0 Å². The normalized spacial score (nSPS) is 18.3. The van der Waals surface area contributed by atoms with Gasteiger partial charge in [0.15, 0.2) is 0 Å². The Bertz CT molecular complexity index is 1130. The van der Waals surface area contributed by atoms with Crippen LogP contribution in [-0.4, -0.2) is 40.4 Å². The van der Waals surface area contributed by atoms with Crippen LogP contribution >= 0.6 is 0 Å². The maximum absolute atomic E-state index is 13.2. The summed E-state index contributed by atoms with van der Waals surface area (Å²) in [6.07, 6.45) is 5.23. The molecule has 1 aliphatic rings. The Kier molecular flexibility index (Phi) is 5.86. The molecule has 31 heavy (non-hydrogen) atoms. The Morgan fingerprint density at radius 3 is 2.58 bits per heavy atom. The third kappa shape index (κ3) is 4.22. The number of nitrogens with zero attached hydrogens (tertiary/aromatic N) is 2. The average Bonchev–Trinajstić information content (AvgIpc) is 3.39. The predicted molar refractivity (Wildman–Crippen MR) is 125 cm³/mol. The minimum atomic E-state index is 0.0510. The Labute approximate surface area is 184 Å². The highest BCUT2D eigenvalue weighted by atomic mass is 16.2. The summed E-state index contributed by atoms with van der Waals surface area (Å²) in [5.41, 5.74) is 5.20. The first-order chi connectivity index (χ1) is 14.9. The monoisotopic (exact) mass is 417 g/mol. The Morgan fingerprint density at radius 2 is 1.84 bits per heavy atom. The summed E-state index contributed by atoms with van der Waals surface area (Å²) in [5, 5.41) is 4.28. The molecular formula is C26H31N3O2. The highest BCUT2D eigenvalue weighted by molar-refractivity contribution is 5.96. The zero-order valence-corrected chi connectivity index (χ0v) is 18.8. The van der Waals surface area contributed by atoms with Crippen molar-refractivity contribution in [2.45, 2.75) is 51.6 Å². The lowest BCUT2D eigenvalue weighted by Gasteiger charge is -2.26. The van der Waals surface area contributed by atoms with E-state index in [0.29, 0.717) is 6.42 Å². The molecule has 1 aliphatic carbocycles. The zero-order valence-electron chi connectivity index (χ0n) is 18.8. The van der Waals surface area contributed by atoms with Crippen LogP contribution in [0.25, 0.3) is 22.0 Å². The molecule has 0 radical (unpaired) electrons. The highest BCUT2D eigenvalue weighted by Crippen LogP contribution is 2.29. The van der Waals surface area contributed by atoms with Gasteiger partial charge in [-0.2, -0.15) is 0 Å². The number of benzene rings is 2. The van der Waals surface area contributed by atoms with Gasteiger partial charge in [0, 0.05) is 55.3 Å². The molecule has 0 saturated heterocycles. The summed E-state index contributed by atoms with van der Waals surface area (Å²) in [6.45, 7) is 3.87. The van der Waals surface area contributed by atoms with Gasteiger partial charge in [0.2, 0.25) is 5.91 Å². The molecular weight excluding hydrogens is 386 g/mol. The van der Waals surface area contributed by atoms with E-state index in [4.69, 9.17) is 0 Å². The molecule has 1 heterocycles. The Morgan fingerprint density at radius 1 is 1.10 bits per heavy atom. The quantitative estimate of drug-likeness (QED) is 0.656. The van der Waals surface area contributed by atoms with Crippen molar-refractivity contribution in [2.24, 2.45) is 7.05 Å². The summed E-state index contributed by atoms with van der Waals surface area (Å²) in [6, 6.07) is 15.0. The number of fused-ring (bicyclic) bond motifs is 1. The number of hydrogen-bond acceptors (Lipinski definition) is 2. The molecule has 0 aliphatic heterocycles. The fourth-order valence-electron chi connectivity index (χ4n) is 4.67. The van der Waals surface area contributed by atoms with Crippen LogP contribution in [0.4, 0.5) is 0 Å². The van der Waals surface area contributed by atoms with Gasteiger partial charge in [-0.15, -0.1) is 0 Å². The van der Waals surface area contributed by atoms with Gasteiger partial charge in [-0.1, -0.05) is 25.1 Å². The molecule has 1 N–H and O–H groups in total. The van der Waals surface area contributed by atoms with E-state index in [1.165, 1.54) is 10.9 Å². The van der Waals surface area contributed by atoms with Crippen molar-refractivity contribution in [1.29, 1.82) is 0 Å². The van der Waals surface area contributed by atoms with Crippen molar-refractivity contribution >= 4 is 22.7 Å². The first-order valence-electron chi connectivity index (χ1n) is 11.1. The predicted octanol–water partition coefficient (Wildman–Crippen LogP) is 4.67. The van der Waals surface area contributed by atoms with Crippen LogP contribution in [0.3, 0.4) is 0 Å². The number of nitrogens with one attached hydrogen (secondary N) is 1. The minimum absolute atomic E-state index is 0.0510. The van der Waals surface area contributed by atoms with Crippen LogP contribution < -0.4 is 5.32 Å². The van der Waals surface area contributed by atoms with E-state index in [-0.39, 0.29) is 23.9 Å². The first kappa shape index (κ1) is 21.2. The molecule has 2 amide bonds. The molecule has 0 unspecified atom stereocenters. The van der Waals surface area contributed by atoms with Crippen molar-refractivity contribution in [3.05, 3.63) is 59.8 Å². The van der Waals surface area contributed by atoms with Gasteiger partial charge >= 0.3 is 0 Å². The molecule has 1 aromatic heterocycles. The molecule has 1 saturated carbocycles. The van der Waals surface area contributed by atoms with E-state index in [1.807, 2.05) is 45.0 Å². The second-order valence-corrected chi connectivity index (χ2v) is 8.73. The molecule has 5 heteroatoms. The Hall–Kier alpha value is -3.08. The van der Waals surface area contributed by atoms with E-state index < -0.39 is 0 Å². The topological polar surface area (TPSA) is 54.3 Å². The van der Waals surface area contributed by atoms with Crippen molar-refractivity contribution in [2.75, 3.05) is 7.05 Å². The standard InChI is InChI=1S/C26H31N3O2/c1-5-25(30)27-21-8-9-22(16-21)29(4)26(31)23-10-6-18(14-17(23)2)19-7-11-24-20(15-19)12-13-28(24)3/h6-7,10-15,21-22H,5,8-9,16H2,1-4H3,(H,27,30)/t21-,22+/m0/s1. The lowest BCUT2D eigenvalue weighted by atomic mass is 9.98. The van der Waals surface area contributed by atoms with Gasteiger partial charge in [0.25, 0.3) is 5.91 Å². The van der Waals surface area contributed by atoms with Crippen LogP contribution in [0.5, 0.6) is 0 Å². The number of carbonyl (C=O) groups is 2. The van der Waals surface area contributed by atoms with E-state index in [1.54, 1.807) is 0 Å². The average molecular weight is 418 g/mol.